The third-order valence-electron chi connectivity index (χ3n) is 4.94. The number of para-hydroxylation sites is 1. The van der Waals surface area contributed by atoms with Gasteiger partial charge in [0.1, 0.15) is 11.8 Å². The summed E-state index contributed by atoms with van der Waals surface area (Å²) in [5.74, 6) is -0.266. The van der Waals surface area contributed by atoms with Crippen molar-refractivity contribution in [3.05, 3.63) is 77.8 Å². The first kappa shape index (κ1) is 26.3. The maximum atomic E-state index is 12.9. The molecular formula is C23H24ClN3O6S2. The van der Waals surface area contributed by atoms with Gasteiger partial charge in [-0.15, -0.1) is 0 Å². The van der Waals surface area contributed by atoms with E-state index in [1.165, 1.54) is 56.5 Å². The second-order valence-electron chi connectivity index (χ2n) is 7.54. The van der Waals surface area contributed by atoms with E-state index in [0.717, 1.165) is 10.6 Å². The molecule has 1 amide bonds. The molecule has 0 spiro atoms. The highest BCUT2D eigenvalue weighted by Gasteiger charge is 2.30. The number of hydrogen-bond acceptors (Lipinski definition) is 6. The number of hydrogen-bond donors (Lipinski definition) is 2. The maximum absolute atomic E-state index is 12.9. The Hall–Kier alpha value is -3.28. The minimum Gasteiger partial charge on any atom is -0.495 e. The van der Waals surface area contributed by atoms with E-state index < -0.39 is 32.0 Å². The lowest BCUT2D eigenvalue weighted by molar-refractivity contribution is -0.116. The number of nitrogens with one attached hydrogen (secondary N) is 2. The van der Waals surface area contributed by atoms with Gasteiger partial charge in [0.15, 0.2) is 0 Å². The normalized spacial score (nSPS) is 12.5. The predicted octanol–water partition coefficient (Wildman–Crippen LogP) is 3.94. The smallest absolute Gasteiger partial charge is 0.261 e. The van der Waals surface area contributed by atoms with Crippen molar-refractivity contribution in [2.24, 2.45) is 0 Å². The van der Waals surface area contributed by atoms with Crippen LogP contribution in [0.2, 0.25) is 5.02 Å². The van der Waals surface area contributed by atoms with Gasteiger partial charge < -0.3 is 10.1 Å². The number of benzene rings is 3. The summed E-state index contributed by atoms with van der Waals surface area (Å²) in [5, 5.41) is 2.80. The minimum absolute atomic E-state index is 0.00182. The van der Waals surface area contributed by atoms with E-state index in [2.05, 4.69) is 10.0 Å². The van der Waals surface area contributed by atoms with Crippen LogP contribution < -0.4 is 19.1 Å². The summed E-state index contributed by atoms with van der Waals surface area (Å²) in [6, 6.07) is 17.2. The first-order valence-electron chi connectivity index (χ1n) is 10.2. The fourth-order valence-corrected chi connectivity index (χ4v) is 5.76. The summed E-state index contributed by atoms with van der Waals surface area (Å²) >= 11 is 6.14. The highest BCUT2D eigenvalue weighted by atomic mass is 35.5. The molecule has 0 unspecified atom stereocenters. The van der Waals surface area contributed by atoms with Crippen molar-refractivity contribution >= 4 is 54.6 Å². The Morgan fingerprint density at radius 3 is 2.11 bits per heavy atom. The third-order valence-corrected chi connectivity index (χ3v) is 7.87. The van der Waals surface area contributed by atoms with Crippen LogP contribution in [0.25, 0.3) is 0 Å². The van der Waals surface area contributed by atoms with Crippen LogP contribution in [0.1, 0.15) is 6.92 Å². The van der Waals surface area contributed by atoms with E-state index >= 15 is 0 Å². The van der Waals surface area contributed by atoms with Gasteiger partial charge in [0.05, 0.1) is 29.0 Å². The molecule has 0 saturated carbocycles. The highest BCUT2D eigenvalue weighted by molar-refractivity contribution is 7.92. The van der Waals surface area contributed by atoms with Crippen molar-refractivity contribution in [3.8, 4) is 5.75 Å². The fourth-order valence-electron chi connectivity index (χ4n) is 3.29. The largest absolute Gasteiger partial charge is 0.495 e. The van der Waals surface area contributed by atoms with E-state index in [-0.39, 0.29) is 15.6 Å². The SMILES string of the molecule is COc1ccc(N([C@@H](C)C(=O)Nc2ccc(S(=O)(=O)Nc3ccccc3)cc2)S(C)(=O)=O)cc1Cl. The summed E-state index contributed by atoms with van der Waals surface area (Å²) in [6.07, 6.45) is 0.980. The first-order valence-corrected chi connectivity index (χ1v) is 13.9. The molecule has 0 aliphatic heterocycles. The van der Waals surface area contributed by atoms with Gasteiger partial charge in [-0.25, -0.2) is 16.8 Å². The number of anilines is 3. The molecular weight excluding hydrogens is 514 g/mol. The quantitative estimate of drug-likeness (QED) is 0.426. The van der Waals surface area contributed by atoms with Gasteiger partial charge in [-0.2, -0.15) is 0 Å². The van der Waals surface area contributed by atoms with Crippen LogP contribution >= 0.6 is 11.6 Å². The zero-order valence-corrected chi connectivity index (χ0v) is 21.5. The van der Waals surface area contributed by atoms with Gasteiger partial charge in [0, 0.05) is 11.4 Å². The second kappa shape index (κ2) is 10.5. The summed E-state index contributed by atoms with van der Waals surface area (Å²) in [6.45, 7) is 1.43. The minimum atomic E-state index is -3.86. The zero-order valence-electron chi connectivity index (χ0n) is 19.1. The molecule has 0 radical (unpaired) electrons. The van der Waals surface area contributed by atoms with Crippen LogP contribution in [-0.4, -0.2) is 42.2 Å². The number of halogens is 1. The van der Waals surface area contributed by atoms with Crippen molar-refractivity contribution < 1.29 is 26.4 Å². The predicted molar refractivity (Wildman–Crippen MR) is 137 cm³/mol. The lowest BCUT2D eigenvalue weighted by Gasteiger charge is -2.28. The summed E-state index contributed by atoms with van der Waals surface area (Å²) < 4.78 is 58.7. The van der Waals surface area contributed by atoms with Gasteiger partial charge in [0.25, 0.3) is 10.0 Å². The number of nitrogens with zero attached hydrogens (tertiary/aromatic N) is 1. The molecule has 186 valence electrons. The van der Waals surface area contributed by atoms with Crippen molar-refractivity contribution in [1.29, 1.82) is 0 Å². The summed E-state index contributed by atoms with van der Waals surface area (Å²) in [5.41, 5.74) is 0.898. The summed E-state index contributed by atoms with van der Waals surface area (Å²) in [4.78, 5) is 12.9. The molecule has 0 aromatic heterocycles. The van der Waals surface area contributed by atoms with Crippen LogP contribution in [0.15, 0.2) is 77.7 Å². The highest BCUT2D eigenvalue weighted by Crippen LogP contribution is 2.31. The van der Waals surface area contributed by atoms with E-state index in [4.69, 9.17) is 16.3 Å². The molecule has 2 N–H and O–H groups in total. The average molecular weight is 538 g/mol. The Bertz CT molecular complexity index is 1410. The molecule has 12 heteroatoms. The van der Waals surface area contributed by atoms with Crippen molar-refractivity contribution in [2.45, 2.75) is 17.9 Å². The Morgan fingerprint density at radius 2 is 1.57 bits per heavy atom. The Kier molecular flexibility index (Phi) is 7.93. The lowest BCUT2D eigenvalue weighted by atomic mass is 10.2. The van der Waals surface area contributed by atoms with E-state index in [1.54, 1.807) is 30.3 Å². The molecule has 0 aliphatic carbocycles. The van der Waals surface area contributed by atoms with Gasteiger partial charge in [-0.1, -0.05) is 29.8 Å². The number of sulfonamides is 2. The molecule has 1 atom stereocenters. The van der Waals surface area contributed by atoms with Crippen LogP contribution in [0, 0.1) is 0 Å². The van der Waals surface area contributed by atoms with Crippen LogP contribution in [-0.2, 0) is 24.8 Å². The van der Waals surface area contributed by atoms with E-state index in [0.29, 0.717) is 17.1 Å². The van der Waals surface area contributed by atoms with Gasteiger partial charge in [0.2, 0.25) is 15.9 Å². The second-order valence-corrected chi connectivity index (χ2v) is 11.5. The Labute approximate surface area is 209 Å². The standard InChI is InChI=1S/C23H24ClN3O6S2/c1-16(27(34(3,29)30)19-11-14-22(33-2)21(24)15-19)23(28)25-17-9-12-20(13-10-17)35(31,32)26-18-7-5-4-6-8-18/h4-16,26H,1-3H3,(H,25,28)/t16-/m0/s1. The van der Waals surface area contributed by atoms with E-state index in [9.17, 15) is 21.6 Å². The fraction of sp³-hybridized carbons (Fsp3) is 0.174. The third kappa shape index (κ3) is 6.44. The number of carbonyl (C=O) groups is 1. The van der Waals surface area contributed by atoms with Crippen LogP contribution in [0.3, 0.4) is 0 Å². The molecule has 0 bridgehead atoms. The van der Waals surface area contributed by atoms with Crippen molar-refractivity contribution in [3.63, 3.8) is 0 Å². The van der Waals surface area contributed by atoms with Crippen molar-refractivity contribution in [2.75, 3.05) is 27.7 Å². The molecule has 9 nitrogen and oxygen atoms in total. The number of ether oxygens (including phenoxy) is 1. The topological polar surface area (TPSA) is 122 Å². The molecule has 3 aromatic carbocycles. The van der Waals surface area contributed by atoms with Gasteiger partial charge >= 0.3 is 0 Å². The van der Waals surface area contributed by atoms with Crippen LogP contribution in [0.4, 0.5) is 17.1 Å². The van der Waals surface area contributed by atoms with Gasteiger partial charge in [-0.05, 0) is 61.5 Å². The molecule has 3 aromatic rings. The Balaban J connectivity index is 1.78. The molecule has 0 fully saturated rings. The zero-order chi connectivity index (χ0) is 25.8. The number of rotatable bonds is 9. The Morgan fingerprint density at radius 1 is 0.943 bits per heavy atom. The molecule has 0 heterocycles. The average Bonchev–Trinajstić information content (AvgIpc) is 2.79. The van der Waals surface area contributed by atoms with E-state index in [1.807, 2.05) is 0 Å². The first-order chi connectivity index (χ1) is 16.4. The molecule has 3 rings (SSSR count). The monoisotopic (exact) mass is 537 g/mol. The lowest BCUT2D eigenvalue weighted by Crippen LogP contribution is -2.45. The molecule has 35 heavy (non-hydrogen) atoms. The maximum Gasteiger partial charge on any atom is 0.261 e. The summed E-state index contributed by atoms with van der Waals surface area (Å²) in [7, 11) is -6.26. The molecule has 0 saturated heterocycles. The van der Waals surface area contributed by atoms with Crippen LogP contribution in [0.5, 0.6) is 5.75 Å². The number of amides is 1. The van der Waals surface area contributed by atoms with Crippen molar-refractivity contribution in [1.82, 2.24) is 0 Å². The van der Waals surface area contributed by atoms with Gasteiger partial charge in [-0.3, -0.25) is 13.8 Å². The number of methoxy groups -OCH3 is 1. The number of carbonyl (C=O) groups excluding carboxylic acids is 1. The molecule has 0 aliphatic rings.